The Hall–Kier alpha value is -0.960. The van der Waals surface area contributed by atoms with Crippen LogP contribution in [0.3, 0.4) is 0 Å². The Morgan fingerprint density at radius 3 is 3.06 bits per heavy atom. The number of nitrogens with zero attached hydrogens (tertiary/aromatic N) is 2. The van der Waals surface area contributed by atoms with Gasteiger partial charge in [0.2, 0.25) is 0 Å². The fourth-order valence-electron chi connectivity index (χ4n) is 3.40. The normalized spacial score (nSPS) is 34.4. The van der Waals surface area contributed by atoms with E-state index in [0.29, 0.717) is 11.3 Å². The van der Waals surface area contributed by atoms with E-state index in [1.54, 1.807) is 6.20 Å². The molecule has 2 unspecified atom stereocenters. The van der Waals surface area contributed by atoms with Gasteiger partial charge in [-0.2, -0.15) is 0 Å². The highest BCUT2D eigenvalue weighted by molar-refractivity contribution is 5.09. The number of nitrogens with one attached hydrogen (secondary N) is 1. The molecule has 1 aromatic heterocycles. The van der Waals surface area contributed by atoms with Crippen LogP contribution in [0.5, 0.6) is 0 Å². The lowest BCUT2D eigenvalue weighted by Gasteiger charge is -2.34. The Kier molecular flexibility index (Phi) is 2.64. The maximum Gasteiger partial charge on any atom is 0.0617 e. The summed E-state index contributed by atoms with van der Waals surface area (Å²) >= 11 is 0. The largest absolute Gasteiger partial charge is 0.316 e. The number of piperidine rings is 1. The third kappa shape index (κ3) is 1.84. The smallest absolute Gasteiger partial charge is 0.0617 e. The fourth-order valence-corrected chi connectivity index (χ4v) is 3.40. The molecule has 1 spiro atoms. The molecule has 86 valence electrons. The van der Waals surface area contributed by atoms with E-state index in [4.69, 9.17) is 0 Å². The van der Waals surface area contributed by atoms with Crippen molar-refractivity contribution in [3.05, 3.63) is 24.3 Å². The molecule has 16 heavy (non-hydrogen) atoms. The summed E-state index contributed by atoms with van der Waals surface area (Å²) < 4.78 is 0. The number of aromatic nitrogens is 2. The minimum atomic E-state index is 0.570. The molecule has 0 bridgehead atoms. The zero-order valence-electron chi connectivity index (χ0n) is 9.65. The molecule has 1 saturated carbocycles. The first kappa shape index (κ1) is 10.2. The summed E-state index contributed by atoms with van der Waals surface area (Å²) in [5.41, 5.74) is 1.77. The lowest BCUT2D eigenvalue weighted by atomic mass is 9.78. The Balaban J connectivity index is 1.73. The van der Waals surface area contributed by atoms with Gasteiger partial charge in [0, 0.05) is 31.1 Å². The van der Waals surface area contributed by atoms with Crippen LogP contribution in [-0.4, -0.2) is 23.1 Å². The van der Waals surface area contributed by atoms with E-state index in [9.17, 15) is 0 Å². The van der Waals surface area contributed by atoms with Gasteiger partial charge in [-0.1, -0.05) is 0 Å². The average Bonchev–Trinajstić information content (AvgIpc) is 2.75. The van der Waals surface area contributed by atoms with Crippen molar-refractivity contribution < 1.29 is 0 Å². The monoisotopic (exact) mass is 217 g/mol. The van der Waals surface area contributed by atoms with Crippen LogP contribution in [0.15, 0.2) is 18.6 Å². The third-order valence-electron chi connectivity index (χ3n) is 4.26. The highest BCUT2D eigenvalue weighted by Gasteiger charge is 2.40. The van der Waals surface area contributed by atoms with Gasteiger partial charge in [-0.15, -0.1) is 0 Å². The molecule has 3 heteroatoms. The summed E-state index contributed by atoms with van der Waals surface area (Å²) in [7, 11) is 0. The fraction of sp³-hybridized carbons (Fsp3) is 0.692. The van der Waals surface area contributed by atoms with Crippen molar-refractivity contribution in [1.29, 1.82) is 0 Å². The zero-order valence-corrected chi connectivity index (χ0v) is 9.65. The van der Waals surface area contributed by atoms with Crippen LogP contribution in [0, 0.1) is 5.41 Å². The van der Waals surface area contributed by atoms with Gasteiger partial charge in [-0.05, 0) is 44.1 Å². The minimum Gasteiger partial charge on any atom is -0.316 e. The molecule has 0 aromatic carbocycles. The SMILES string of the molecule is c1cnc(C2CCC3(CCCNC3)C2)cn1. The molecule has 2 atom stereocenters. The van der Waals surface area contributed by atoms with Crippen molar-refractivity contribution >= 4 is 0 Å². The van der Waals surface area contributed by atoms with E-state index in [0.717, 1.165) is 0 Å². The molecule has 1 aliphatic heterocycles. The van der Waals surface area contributed by atoms with Gasteiger partial charge >= 0.3 is 0 Å². The molecule has 1 saturated heterocycles. The quantitative estimate of drug-likeness (QED) is 0.783. The first-order valence-corrected chi connectivity index (χ1v) is 6.35. The summed E-state index contributed by atoms with van der Waals surface area (Å²) in [5, 5.41) is 3.55. The highest BCUT2D eigenvalue weighted by atomic mass is 14.9. The molecule has 3 rings (SSSR count). The molecule has 0 amide bonds. The van der Waals surface area contributed by atoms with Gasteiger partial charge < -0.3 is 5.32 Å². The lowest BCUT2D eigenvalue weighted by molar-refractivity contribution is 0.214. The zero-order chi connectivity index (χ0) is 10.8. The van der Waals surface area contributed by atoms with Gasteiger partial charge in [-0.25, -0.2) is 0 Å². The van der Waals surface area contributed by atoms with E-state index in [-0.39, 0.29) is 0 Å². The minimum absolute atomic E-state index is 0.570. The Morgan fingerprint density at radius 1 is 1.31 bits per heavy atom. The van der Waals surface area contributed by atoms with E-state index in [1.165, 1.54) is 50.9 Å². The van der Waals surface area contributed by atoms with Gasteiger partial charge in [0.15, 0.2) is 0 Å². The van der Waals surface area contributed by atoms with Crippen LogP contribution in [0.25, 0.3) is 0 Å². The van der Waals surface area contributed by atoms with Crippen molar-refractivity contribution in [3.63, 3.8) is 0 Å². The molecule has 0 radical (unpaired) electrons. The standard InChI is InChI=1S/C13H19N3/c1-3-13(10-15-5-1)4-2-11(8-13)12-9-14-6-7-16-12/h6-7,9,11,15H,1-5,8,10H2. The molecule has 1 aliphatic carbocycles. The first-order chi connectivity index (χ1) is 7.88. The van der Waals surface area contributed by atoms with Crippen LogP contribution in [-0.2, 0) is 0 Å². The van der Waals surface area contributed by atoms with Gasteiger partial charge in [0.05, 0.1) is 5.69 Å². The second-order valence-corrected chi connectivity index (χ2v) is 5.35. The van der Waals surface area contributed by atoms with Crippen LogP contribution in [0.1, 0.15) is 43.7 Å². The third-order valence-corrected chi connectivity index (χ3v) is 4.26. The van der Waals surface area contributed by atoms with Crippen LogP contribution in [0.2, 0.25) is 0 Å². The second kappa shape index (κ2) is 4.13. The van der Waals surface area contributed by atoms with Crippen molar-refractivity contribution in [3.8, 4) is 0 Å². The van der Waals surface area contributed by atoms with Gasteiger partial charge in [0.1, 0.15) is 0 Å². The first-order valence-electron chi connectivity index (χ1n) is 6.35. The predicted octanol–water partition coefficient (Wildman–Crippen LogP) is 2.11. The van der Waals surface area contributed by atoms with Crippen molar-refractivity contribution in [1.82, 2.24) is 15.3 Å². The summed E-state index contributed by atoms with van der Waals surface area (Å²) in [5.74, 6) is 0.647. The maximum atomic E-state index is 4.46. The molecule has 1 N–H and O–H groups in total. The van der Waals surface area contributed by atoms with Gasteiger partial charge in [-0.3, -0.25) is 9.97 Å². The highest BCUT2D eigenvalue weighted by Crippen LogP contribution is 2.49. The summed E-state index contributed by atoms with van der Waals surface area (Å²) in [6.07, 6.45) is 12.2. The topological polar surface area (TPSA) is 37.8 Å². The molecule has 2 fully saturated rings. The van der Waals surface area contributed by atoms with Crippen molar-refractivity contribution in [2.75, 3.05) is 13.1 Å². The second-order valence-electron chi connectivity index (χ2n) is 5.35. The molecular formula is C13H19N3. The summed E-state index contributed by atoms with van der Waals surface area (Å²) in [4.78, 5) is 8.64. The van der Waals surface area contributed by atoms with E-state index in [2.05, 4.69) is 15.3 Å². The predicted molar refractivity (Wildman–Crippen MR) is 63.2 cm³/mol. The summed E-state index contributed by atoms with van der Waals surface area (Å²) in [6, 6.07) is 0. The Morgan fingerprint density at radius 2 is 2.31 bits per heavy atom. The Labute approximate surface area is 96.7 Å². The summed E-state index contributed by atoms with van der Waals surface area (Å²) in [6.45, 7) is 2.42. The maximum absolute atomic E-state index is 4.46. The van der Waals surface area contributed by atoms with Crippen molar-refractivity contribution in [2.24, 2.45) is 5.41 Å². The van der Waals surface area contributed by atoms with Crippen LogP contribution >= 0.6 is 0 Å². The van der Waals surface area contributed by atoms with Crippen LogP contribution < -0.4 is 5.32 Å². The van der Waals surface area contributed by atoms with Gasteiger partial charge in [0.25, 0.3) is 0 Å². The number of hydrogen-bond acceptors (Lipinski definition) is 3. The van der Waals surface area contributed by atoms with Crippen molar-refractivity contribution in [2.45, 2.75) is 38.0 Å². The van der Waals surface area contributed by atoms with E-state index < -0.39 is 0 Å². The van der Waals surface area contributed by atoms with Crippen LogP contribution in [0.4, 0.5) is 0 Å². The van der Waals surface area contributed by atoms with E-state index in [1.807, 2.05) is 12.4 Å². The lowest BCUT2D eigenvalue weighted by Crippen LogP contribution is -2.38. The number of hydrogen-bond donors (Lipinski definition) is 1. The Bertz CT molecular complexity index is 343. The molecule has 1 aromatic rings. The molecule has 3 nitrogen and oxygen atoms in total. The van der Waals surface area contributed by atoms with E-state index >= 15 is 0 Å². The average molecular weight is 217 g/mol. The molecule has 2 heterocycles. The molecular weight excluding hydrogens is 198 g/mol. The number of rotatable bonds is 1. The molecule has 2 aliphatic rings.